The zero-order valence-electron chi connectivity index (χ0n) is 11.0. The van der Waals surface area contributed by atoms with Crippen LogP contribution < -0.4 is 10.2 Å². The fraction of sp³-hybridized carbons (Fsp3) is 0.571. The second kappa shape index (κ2) is 6.38. The fourth-order valence-electron chi connectivity index (χ4n) is 2.17. The minimum absolute atomic E-state index is 0.0540. The van der Waals surface area contributed by atoms with Gasteiger partial charge in [-0.15, -0.1) is 0 Å². The van der Waals surface area contributed by atoms with Crippen molar-refractivity contribution >= 4 is 17.4 Å². The molecule has 0 saturated carbocycles. The highest BCUT2D eigenvalue weighted by Crippen LogP contribution is 2.20. The summed E-state index contributed by atoms with van der Waals surface area (Å²) in [5, 5.41) is 2.83. The van der Waals surface area contributed by atoms with Gasteiger partial charge in [0.1, 0.15) is 5.82 Å². The number of anilines is 2. The SMILES string of the molecule is CCCCC(=O)Nc1ccc(N2CCCC2)cn1. The summed E-state index contributed by atoms with van der Waals surface area (Å²) in [6.07, 6.45) is 6.91. The van der Waals surface area contributed by atoms with Crippen LogP contribution in [0, 0.1) is 0 Å². The van der Waals surface area contributed by atoms with Crippen LogP contribution in [0.2, 0.25) is 0 Å². The highest BCUT2D eigenvalue weighted by atomic mass is 16.1. The minimum Gasteiger partial charge on any atom is -0.370 e. The summed E-state index contributed by atoms with van der Waals surface area (Å²) >= 11 is 0. The van der Waals surface area contributed by atoms with Gasteiger partial charge in [-0.1, -0.05) is 13.3 Å². The molecule has 0 radical (unpaired) electrons. The zero-order chi connectivity index (χ0) is 12.8. The number of amides is 1. The van der Waals surface area contributed by atoms with Gasteiger partial charge in [0.15, 0.2) is 0 Å². The summed E-state index contributed by atoms with van der Waals surface area (Å²) in [5.41, 5.74) is 1.15. The molecule has 0 unspecified atom stereocenters. The maximum absolute atomic E-state index is 11.6. The maximum Gasteiger partial charge on any atom is 0.225 e. The van der Waals surface area contributed by atoms with Gasteiger partial charge in [0.2, 0.25) is 5.91 Å². The molecule has 0 atom stereocenters. The van der Waals surface area contributed by atoms with E-state index in [2.05, 4.69) is 22.1 Å². The molecule has 1 aromatic rings. The molecule has 4 nitrogen and oxygen atoms in total. The Balaban J connectivity index is 1.88. The summed E-state index contributed by atoms with van der Waals surface area (Å²) < 4.78 is 0. The number of pyridine rings is 1. The van der Waals surface area contributed by atoms with Crippen LogP contribution in [0.25, 0.3) is 0 Å². The van der Waals surface area contributed by atoms with Crippen LogP contribution in [-0.2, 0) is 4.79 Å². The second-order valence-corrected chi connectivity index (χ2v) is 4.75. The molecule has 0 spiro atoms. The van der Waals surface area contributed by atoms with Crippen molar-refractivity contribution < 1.29 is 4.79 Å². The molecule has 18 heavy (non-hydrogen) atoms. The predicted molar refractivity (Wildman–Crippen MR) is 73.8 cm³/mol. The van der Waals surface area contributed by atoms with E-state index in [0.717, 1.165) is 31.6 Å². The van der Waals surface area contributed by atoms with E-state index in [1.807, 2.05) is 18.3 Å². The van der Waals surface area contributed by atoms with Gasteiger partial charge in [-0.05, 0) is 31.4 Å². The van der Waals surface area contributed by atoms with Crippen molar-refractivity contribution in [2.75, 3.05) is 23.3 Å². The lowest BCUT2D eigenvalue weighted by Gasteiger charge is -2.17. The molecule has 4 heteroatoms. The summed E-state index contributed by atoms with van der Waals surface area (Å²) in [7, 11) is 0. The van der Waals surface area contributed by atoms with E-state index in [1.165, 1.54) is 12.8 Å². The van der Waals surface area contributed by atoms with Crippen molar-refractivity contribution in [3.05, 3.63) is 18.3 Å². The molecular weight excluding hydrogens is 226 g/mol. The molecule has 2 heterocycles. The molecule has 0 aromatic carbocycles. The summed E-state index contributed by atoms with van der Waals surface area (Å²) in [6.45, 7) is 4.31. The van der Waals surface area contributed by atoms with Crippen molar-refractivity contribution in [3.63, 3.8) is 0 Å². The van der Waals surface area contributed by atoms with Gasteiger partial charge in [0.05, 0.1) is 11.9 Å². The smallest absolute Gasteiger partial charge is 0.225 e. The number of rotatable bonds is 5. The first kappa shape index (κ1) is 12.9. The summed E-state index contributed by atoms with van der Waals surface area (Å²) in [6, 6.07) is 3.92. The van der Waals surface area contributed by atoms with Gasteiger partial charge in [-0.25, -0.2) is 4.98 Å². The van der Waals surface area contributed by atoms with Crippen molar-refractivity contribution in [3.8, 4) is 0 Å². The van der Waals surface area contributed by atoms with Crippen LogP contribution >= 0.6 is 0 Å². The molecule has 0 aliphatic carbocycles. The van der Waals surface area contributed by atoms with E-state index in [4.69, 9.17) is 0 Å². The molecule has 1 aliphatic rings. The predicted octanol–water partition coefficient (Wildman–Crippen LogP) is 2.81. The highest BCUT2D eigenvalue weighted by molar-refractivity contribution is 5.89. The lowest BCUT2D eigenvalue weighted by atomic mass is 10.2. The molecule has 98 valence electrons. The average Bonchev–Trinajstić information content (AvgIpc) is 2.91. The summed E-state index contributed by atoms with van der Waals surface area (Å²) in [5.74, 6) is 0.706. The number of carbonyl (C=O) groups excluding carboxylic acids is 1. The number of carbonyl (C=O) groups is 1. The molecular formula is C14H21N3O. The number of nitrogens with one attached hydrogen (secondary N) is 1. The van der Waals surface area contributed by atoms with Crippen molar-refractivity contribution in [2.24, 2.45) is 0 Å². The third-order valence-corrected chi connectivity index (χ3v) is 3.24. The number of aromatic nitrogens is 1. The largest absolute Gasteiger partial charge is 0.370 e. The topological polar surface area (TPSA) is 45.2 Å². The van der Waals surface area contributed by atoms with Crippen molar-refractivity contribution in [1.82, 2.24) is 4.98 Å². The molecule has 1 saturated heterocycles. The average molecular weight is 247 g/mol. The highest BCUT2D eigenvalue weighted by Gasteiger charge is 2.12. The lowest BCUT2D eigenvalue weighted by molar-refractivity contribution is -0.116. The number of hydrogen-bond donors (Lipinski definition) is 1. The van der Waals surface area contributed by atoms with Crippen LogP contribution in [0.3, 0.4) is 0 Å². The van der Waals surface area contributed by atoms with Gasteiger partial charge in [0, 0.05) is 19.5 Å². The molecule has 0 bridgehead atoms. The van der Waals surface area contributed by atoms with Crippen molar-refractivity contribution in [1.29, 1.82) is 0 Å². The van der Waals surface area contributed by atoms with E-state index in [1.54, 1.807) is 0 Å². The first-order chi connectivity index (χ1) is 8.79. The third kappa shape index (κ3) is 3.45. The van der Waals surface area contributed by atoms with E-state index in [-0.39, 0.29) is 5.91 Å². The Morgan fingerprint density at radius 2 is 2.17 bits per heavy atom. The fourth-order valence-corrected chi connectivity index (χ4v) is 2.17. The molecule has 1 amide bonds. The molecule has 2 rings (SSSR count). The van der Waals surface area contributed by atoms with Crippen LogP contribution in [0.5, 0.6) is 0 Å². The first-order valence-corrected chi connectivity index (χ1v) is 6.80. The van der Waals surface area contributed by atoms with E-state index in [0.29, 0.717) is 12.2 Å². The van der Waals surface area contributed by atoms with Crippen LogP contribution in [0.4, 0.5) is 11.5 Å². The van der Waals surface area contributed by atoms with Crippen LogP contribution in [-0.4, -0.2) is 24.0 Å². The number of nitrogens with zero attached hydrogens (tertiary/aromatic N) is 2. The van der Waals surface area contributed by atoms with Crippen LogP contribution in [0.1, 0.15) is 39.0 Å². The molecule has 1 N–H and O–H groups in total. The van der Waals surface area contributed by atoms with E-state index in [9.17, 15) is 4.79 Å². The third-order valence-electron chi connectivity index (χ3n) is 3.24. The molecule has 1 fully saturated rings. The van der Waals surface area contributed by atoms with E-state index >= 15 is 0 Å². The lowest BCUT2D eigenvalue weighted by Crippen LogP contribution is -2.18. The van der Waals surface area contributed by atoms with Crippen LogP contribution in [0.15, 0.2) is 18.3 Å². The van der Waals surface area contributed by atoms with Gasteiger partial charge >= 0.3 is 0 Å². The Hall–Kier alpha value is -1.58. The Kier molecular flexibility index (Phi) is 4.56. The Labute approximate surface area is 108 Å². The molecule has 1 aliphatic heterocycles. The minimum atomic E-state index is 0.0540. The van der Waals surface area contributed by atoms with Gasteiger partial charge in [0.25, 0.3) is 0 Å². The summed E-state index contributed by atoms with van der Waals surface area (Å²) in [4.78, 5) is 18.2. The van der Waals surface area contributed by atoms with Gasteiger partial charge in [-0.2, -0.15) is 0 Å². The second-order valence-electron chi connectivity index (χ2n) is 4.75. The standard InChI is InChI=1S/C14H21N3O/c1-2-3-6-14(18)16-13-8-7-12(11-15-13)17-9-4-5-10-17/h7-8,11H,2-6,9-10H2,1H3,(H,15,16,18). The van der Waals surface area contributed by atoms with Gasteiger partial charge in [-0.3, -0.25) is 4.79 Å². The normalized spacial score (nSPS) is 14.8. The zero-order valence-corrected chi connectivity index (χ0v) is 11.0. The Bertz CT molecular complexity index is 383. The Morgan fingerprint density at radius 1 is 1.39 bits per heavy atom. The maximum atomic E-state index is 11.6. The monoisotopic (exact) mass is 247 g/mol. The van der Waals surface area contributed by atoms with Crippen molar-refractivity contribution in [2.45, 2.75) is 39.0 Å². The number of unbranched alkanes of at least 4 members (excludes halogenated alkanes) is 1. The quantitative estimate of drug-likeness (QED) is 0.870. The number of hydrogen-bond acceptors (Lipinski definition) is 3. The Morgan fingerprint density at radius 3 is 2.78 bits per heavy atom. The van der Waals surface area contributed by atoms with E-state index < -0.39 is 0 Å². The molecule has 1 aromatic heterocycles. The van der Waals surface area contributed by atoms with Gasteiger partial charge < -0.3 is 10.2 Å². The first-order valence-electron chi connectivity index (χ1n) is 6.80.